The van der Waals surface area contributed by atoms with E-state index in [0.717, 1.165) is 19.8 Å². The van der Waals surface area contributed by atoms with Gasteiger partial charge < -0.3 is 10.1 Å². The fourth-order valence-corrected chi connectivity index (χ4v) is 2.02. The molecule has 0 amide bonds. The highest BCUT2D eigenvalue weighted by Crippen LogP contribution is 2.08. The van der Waals surface area contributed by atoms with Crippen molar-refractivity contribution in [3.05, 3.63) is 35.4 Å². The highest BCUT2D eigenvalue weighted by molar-refractivity contribution is 5.21. The predicted molar refractivity (Wildman–Crippen MR) is 61.9 cm³/mol. The van der Waals surface area contributed by atoms with Crippen LogP contribution in [-0.4, -0.2) is 19.2 Å². The number of hydrogen-bond acceptors (Lipinski definition) is 2. The summed E-state index contributed by atoms with van der Waals surface area (Å²) in [6, 6.07) is 9.08. The average Bonchev–Trinajstić information content (AvgIpc) is 2.71. The van der Waals surface area contributed by atoms with Crippen molar-refractivity contribution in [3.8, 4) is 0 Å². The molecule has 1 aromatic carbocycles. The molecule has 0 aromatic heterocycles. The standard InChI is InChI=1S/C13H19NO/c1-11-4-2-5-12(8-11)9-15-10-13-6-3-7-14-13/h2,4-5,8,13-14H,3,6-7,9-10H2,1H3/t13-/m0/s1. The second-order valence-electron chi connectivity index (χ2n) is 4.30. The van der Waals surface area contributed by atoms with Gasteiger partial charge in [-0.15, -0.1) is 0 Å². The van der Waals surface area contributed by atoms with E-state index < -0.39 is 0 Å². The van der Waals surface area contributed by atoms with Gasteiger partial charge in [0.15, 0.2) is 0 Å². The molecule has 1 N–H and O–H groups in total. The number of aryl methyl sites for hydroxylation is 1. The Morgan fingerprint density at radius 1 is 1.47 bits per heavy atom. The summed E-state index contributed by atoms with van der Waals surface area (Å²) in [5.74, 6) is 0. The Labute approximate surface area is 91.6 Å². The first-order valence-electron chi connectivity index (χ1n) is 5.71. The molecular formula is C13H19NO. The number of hydrogen-bond donors (Lipinski definition) is 1. The number of rotatable bonds is 4. The Balaban J connectivity index is 1.73. The number of ether oxygens (including phenoxy) is 1. The molecule has 1 aromatic rings. The normalized spacial score (nSPS) is 20.7. The van der Waals surface area contributed by atoms with E-state index in [9.17, 15) is 0 Å². The molecular weight excluding hydrogens is 186 g/mol. The van der Waals surface area contributed by atoms with E-state index in [1.807, 2.05) is 0 Å². The van der Waals surface area contributed by atoms with Crippen LogP contribution in [0.25, 0.3) is 0 Å². The molecule has 1 aliphatic rings. The van der Waals surface area contributed by atoms with Gasteiger partial charge in [0.2, 0.25) is 0 Å². The minimum Gasteiger partial charge on any atom is -0.375 e. The third-order valence-electron chi connectivity index (χ3n) is 2.83. The van der Waals surface area contributed by atoms with Crippen LogP contribution < -0.4 is 5.32 Å². The first-order valence-corrected chi connectivity index (χ1v) is 5.71. The topological polar surface area (TPSA) is 21.3 Å². The minimum absolute atomic E-state index is 0.579. The van der Waals surface area contributed by atoms with Gasteiger partial charge in [0.25, 0.3) is 0 Å². The zero-order chi connectivity index (χ0) is 10.5. The molecule has 0 unspecified atom stereocenters. The maximum Gasteiger partial charge on any atom is 0.0717 e. The van der Waals surface area contributed by atoms with Crippen LogP contribution in [0.15, 0.2) is 24.3 Å². The van der Waals surface area contributed by atoms with Crippen LogP contribution in [0.1, 0.15) is 24.0 Å². The van der Waals surface area contributed by atoms with E-state index in [1.54, 1.807) is 0 Å². The van der Waals surface area contributed by atoms with Gasteiger partial charge in [-0.1, -0.05) is 29.8 Å². The van der Waals surface area contributed by atoms with E-state index in [4.69, 9.17) is 4.74 Å². The van der Waals surface area contributed by atoms with Crippen LogP contribution in [0.5, 0.6) is 0 Å². The monoisotopic (exact) mass is 205 g/mol. The molecule has 0 saturated carbocycles. The second kappa shape index (κ2) is 5.29. The van der Waals surface area contributed by atoms with E-state index in [0.29, 0.717) is 6.04 Å². The van der Waals surface area contributed by atoms with Gasteiger partial charge in [-0.05, 0) is 31.9 Å². The highest BCUT2D eigenvalue weighted by Gasteiger charge is 2.13. The first kappa shape index (κ1) is 10.7. The summed E-state index contributed by atoms with van der Waals surface area (Å²) in [5, 5.41) is 3.43. The van der Waals surface area contributed by atoms with E-state index in [1.165, 1.54) is 24.0 Å². The Bertz CT molecular complexity index is 305. The SMILES string of the molecule is Cc1cccc(COC[C@@H]2CCCN2)c1. The molecule has 1 fully saturated rings. The summed E-state index contributed by atoms with van der Waals surface area (Å²) in [6.45, 7) is 4.84. The number of benzene rings is 1. The molecule has 2 rings (SSSR count). The predicted octanol–water partition coefficient (Wildman–Crippen LogP) is 2.26. The van der Waals surface area contributed by atoms with Crippen molar-refractivity contribution >= 4 is 0 Å². The van der Waals surface area contributed by atoms with Crippen LogP contribution in [0.3, 0.4) is 0 Å². The van der Waals surface area contributed by atoms with Crippen molar-refractivity contribution in [2.24, 2.45) is 0 Å². The smallest absolute Gasteiger partial charge is 0.0717 e. The lowest BCUT2D eigenvalue weighted by Crippen LogP contribution is -2.26. The summed E-state index contributed by atoms with van der Waals surface area (Å²) in [4.78, 5) is 0. The Hall–Kier alpha value is -0.860. The molecule has 2 heteroatoms. The Kier molecular flexibility index (Phi) is 3.75. The molecule has 1 atom stereocenters. The van der Waals surface area contributed by atoms with Crippen molar-refractivity contribution in [2.45, 2.75) is 32.4 Å². The van der Waals surface area contributed by atoms with Crippen molar-refractivity contribution in [3.63, 3.8) is 0 Å². The maximum absolute atomic E-state index is 5.70. The van der Waals surface area contributed by atoms with E-state index >= 15 is 0 Å². The molecule has 1 heterocycles. The molecule has 0 spiro atoms. The summed E-state index contributed by atoms with van der Waals surface area (Å²) >= 11 is 0. The van der Waals surface area contributed by atoms with Gasteiger partial charge in [0, 0.05) is 6.04 Å². The summed E-state index contributed by atoms with van der Waals surface area (Å²) < 4.78 is 5.70. The summed E-state index contributed by atoms with van der Waals surface area (Å²) in [7, 11) is 0. The lowest BCUT2D eigenvalue weighted by Gasteiger charge is -2.10. The van der Waals surface area contributed by atoms with Crippen molar-refractivity contribution in [1.82, 2.24) is 5.32 Å². The van der Waals surface area contributed by atoms with Crippen LogP contribution >= 0.6 is 0 Å². The van der Waals surface area contributed by atoms with Crippen molar-refractivity contribution in [2.75, 3.05) is 13.2 Å². The van der Waals surface area contributed by atoms with Gasteiger partial charge in [-0.2, -0.15) is 0 Å². The molecule has 0 aliphatic carbocycles. The first-order chi connectivity index (χ1) is 7.34. The minimum atomic E-state index is 0.579. The van der Waals surface area contributed by atoms with Crippen LogP contribution in [-0.2, 0) is 11.3 Å². The fraction of sp³-hybridized carbons (Fsp3) is 0.538. The van der Waals surface area contributed by atoms with E-state index in [2.05, 4.69) is 36.5 Å². The highest BCUT2D eigenvalue weighted by atomic mass is 16.5. The average molecular weight is 205 g/mol. The third-order valence-corrected chi connectivity index (χ3v) is 2.83. The molecule has 0 bridgehead atoms. The van der Waals surface area contributed by atoms with Gasteiger partial charge in [-0.3, -0.25) is 0 Å². The Morgan fingerprint density at radius 2 is 2.40 bits per heavy atom. The lowest BCUT2D eigenvalue weighted by molar-refractivity contribution is 0.103. The number of nitrogens with one attached hydrogen (secondary N) is 1. The molecule has 0 radical (unpaired) electrons. The zero-order valence-electron chi connectivity index (χ0n) is 9.33. The van der Waals surface area contributed by atoms with Gasteiger partial charge in [-0.25, -0.2) is 0 Å². The van der Waals surface area contributed by atoms with Gasteiger partial charge in [0.1, 0.15) is 0 Å². The van der Waals surface area contributed by atoms with Gasteiger partial charge in [0.05, 0.1) is 13.2 Å². The van der Waals surface area contributed by atoms with Crippen molar-refractivity contribution < 1.29 is 4.74 Å². The van der Waals surface area contributed by atoms with Crippen molar-refractivity contribution in [1.29, 1.82) is 0 Å². The quantitative estimate of drug-likeness (QED) is 0.814. The summed E-state index contributed by atoms with van der Waals surface area (Å²) in [6.07, 6.45) is 2.55. The molecule has 82 valence electrons. The van der Waals surface area contributed by atoms with E-state index in [-0.39, 0.29) is 0 Å². The zero-order valence-corrected chi connectivity index (χ0v) is 9.33. The van der Waals surface area contributed by atoms with Crippen LogP contribution in [0.2, 0.25) is 0 Å². The summed E-state index contributed by atoms with van der Waals surface area (Å²) in [5.41, 5.74) is 2.57. The molecule has 15 heavy (non-hydrogen) atoms. The second-order valence-corrected chi connectivity index (χ2v) is 4.30. The Morgan fingerprint density at radius 3 is 3.13 bits per heavy atom. The maximum atomic E-state index is 5.70. The lowest BCUT2D eigenvalue weighted by atomic mass is 10.1. The largest absolute Gasteiger partial charge is 0.375 e. The van der Waals surface area contributed by atoms with Gasteiger partial charge >= 0.3 is 0 Å². The fourth-order valence-electron chi connectivity index (χ4n) is 2.02. The van der Waals surface area contributed by atoms with Crippen LogP contribution in [0, 0.1) is 6.92 Å². The third kappa shape index (κ3) is 3.33. The molecule has 2 nitrogen and oxygen atoms in total. The molecule has 1 saturated heterocycles. The van der Waals surface area contributed by atoms with Crippen LogP contribution in [0.4, 0.5) is 0 Å². The molecule has 1 aliphatic heterocycles.